The summed E-state index contributed by atoms with van der Waals surface area (Å²) in [5, 5.41) is 19.4. The third-order valence-electron chi connectivity index (χ3n) is 2.86. The SMILES string of the molecule is C=CC1c2ccccc2CC(O)C1O.NC=O. The highest BCUT2D eigenvalue weighted by molar-refractivity contribution is 5.42. The summed E-state index contributed by atoms with van der Waals surface area (Å²) in [6, 6.07) is 7.86. The monoisotopic (exact) mass is 235 g/mol. The molecule has 1 aliphatic carbocycles. The summed E-state index contributed by atoms with van der Waals surface area (Å²) in [6.07, 6.45) is 1.09. The van der Waals surface area contributed by atoms with Gasteiger partial charge in [0.15, 0.2) is 0 Å². The van der Waals surface area contributed by atoms with Gasteiger partial charge in [0, 0.05) is 12.3 Å². The number of primary amides is 1. The maximum absolute atomic E-state index is 9.76. The molecule has 92 valence electrons. The number of aliphatic hydroxyl groups is 2. The van der Waals surface area contributed by atoms with Crippen molar-refractivity contribution in [2.75, 3.05) is 0 Å². The minimum atomic E-state index is -0.720. The minimum absolute atomic E-state index is 0.144. The highest BCUT2D eigenvalue weighted by atomic mass is 16.3. The van der Waals surface area contributed by atoms with Crippen LogP contribution in [0.5, 0.6) is 0 Å². The van der Waals surface area contributed by atoms with Crippen molar-refractivity contribution in [2.24, 2.45) is 5.73 Å². The van der Waals surface area contributed by atoms with E-state index in [1.54, 1.807) is 6.08 Å². The molecule has 0 saturated heterocycles. The number of benzene rings is 1. The number of carbonyl (C=O) groups excluding carboxylic acids is 1. The van der Waals surface area contributed by atoms with E-state index in [0.717, 1.165) is 11.1 Å². The Morgan fingerprint density at radius 2 is 1.94 bits per heavy atom. The molecule has 17 heavy (non-hydrogen) atoms. The summed E-state index contributed by atoms with van der Waals surface area (Å²) in [7, 11) is 0. The van der Waals surface area contributed by atoms with Crippen molar-refractivity contribution < 1.29 is 15.0 Å². The van der Waals surface area contributed by atoms with Gasteiger partial charge in [0.25, 0.3) is 0 Å². The molecule has 0 spiro atoms. The maximum atomic E-state index is 9.76. The lowest BCUT2D eigenvalue weighted by Crippen LogP contribution is -2.37. The van der Waals surface area contributed by atoms with Gasteiger partial charge in [0.2, 0.25) is 6.41 Å². The molecule has 0 fully saturated rings. The summed E-state index contributed by atoms with van der Waals surface area (Å²) in [5.74, 6) is -0.144. The maximum Gasteiger partial charge on any atom is 0.204 e. The van der Waals surface area contributed by atoms with Crippen molar-refractivity contribution in [2.45, 2.75) is 24.5 Å². The molecule has 0 aliphatic heterocycles. The van der Waals surface area contributed by atoms with Crippen molar-refractivity contribution in [1.82, 2.24) is 0 Å². The molecular formula is C13H17NO3. The highest BCUT2D eigenvalue weighted by Gasteiger charge is 2.32. The van der Waals surface area contributed by atoms with Gasteiger partial charge in [-0.2, -0.15) is 0 Å². The van der Waals surface area contributed by atoms with Crippen LogP contribution < -0.4 is 5.73 Å². The Morgan fingerprint density at radius 3 is 2.53 bits per heavy atom. The van der Waals surface area contributed by atoms with Gasteiger partial charge in [-0.05, 0) is 11.1 Å². The van der Waals surface area contributed by atoms with Crippen LogP contribution in [0.4, 0.5) is 0 Å². The standard InChI is InChI=1S/C12H14O2.CH3NO/c1-2-9-10-6-4-3-5-8(10)7-11(13)12(9)14;2-1-3/h2-6,9,11-14H,1,7H2;1H,(H2,2,3). The van der Waals surface area contributed by atoms with Crippen molar-refractivity contribution in [1.29, 1.82) is 0 Å². The first-order valence-electron chi connectivity index (χ1n) is 5.37. The zero-order valence-corrected chi connectivity index (χ0v) is 9.49. The van der Waals surface area contributed by atoms with Gasteiger partial charge in [-0.25, -0.2) is 0 Å². The Bertz CT molecular complexity index is 392. The number of fused-ring (bicyclic) bond motifs is 1. The molecule has 0 aromatic heterocycles. The predicted molar refractivity (Wildman–Crippen MR) is 65.3 cm³/mol. The van der Waals surface area contributed by atoms with E-state index in [2.05, 4.69) is 12.3 Å². The molecule has 1 amide bonds. The smallest absolute Gasteiger partial charge is 0.204 e. The van der Waals surface area contributed by atoms with Gasteiger partial charge in [0.1, 0.15) is 0 Å². The normalized spacial score (nSPS) is 26.1. The molecule has 1 aromatic carbocycles. The Kier molecular flexibility index (Phi) is 4.87. The van der Waals surface area contributed by atoms with Crippen LogP contribution in [0.15, 0.2) is 36.9 Å². The lowest BCUT2D eigenvalue weighted by molar-refractivity contribution is -0.106. The topological polar surface area (TPSA) is 83.6 Å². The number of amides is 1. The third kappa shape index (κ3) is 2.93. The molecule has 4 N–H and O–H groups in total. The molecule has 1 aromatic rings. The van der Waals surface area contributed by atoms with Gasteiger partial charge in [0.05, 0.1) is 12.2 Å². The molecule has 4 heteroatoms. The third-order valence-corrected chi connectivity index (χ3v) is 2.86. The van der Waals surface area contributed by atoms with Gasteiger partial charge in [-0.1, -0.05) is 30.3 Å². The summed E-state index contributed by atoms with van der Waals surface area (Å²) >= 11 is 0. The fraction of sp³-hybridized carbons (Fsp3) is 0.308. The van der Waals surface area contributed by atoms with Crippen LogP contribution in [-0.4, -0.2) is 28.8 Å². The first-order chi connectivity index (χ1) is 8.15. The Balaban J connectivity index is 0.000000437. The first kappa shape index (κ1) is 13.4. The van der Waals surface area contributed by atoms with E-state index >= 15 is 0 Å². The van der Waals surface area contributed by atoms with Crippen LogP contribution in [0, 0.1) is 0 Å². The lowest BCUT2D eigenvalue weighted by Gasteiger charge is -2.32. The minimum Gasteiger partial charge on any atom is -0.390 e. The Morgan fingerprint density at radius 1 is 1.35 bits per heavy atom. The molecule has 1 aliphatic rings. The van der Waals surface area contributed by atoms with Crippen molar-refractivity contribution in [3.05, 3.63) is 48.0 Å². The number of carbonyl (C=O) groups is 1. The van der Waals surface area contributed by atoms with Gasteiger partial charge >= 0.3 is 0 Å². The molecule has 4 nitrogen and oxygen atoms in total. The number of nitrogens with two attached hydrogens (primary N) is 1. The highest BCUT2D eigenvalue weighted by Crippen LogP contribution is 2.32. The second-order valence-corrected chi connectivity index (χ2v) is 3.86. The van der Waals surface area contributed by atoms with Crippen LogP contribution in [0.3, 0.4) is 0 Å². The van der Waals surface area contributed by atoms with E-state index in [1.165, 1.54) is 0 Å². The van der Waals surface area contributed by atoms with E-state index in [9.17, 15) is 10.2 Å². The largest absolute Gasteiger partial charge is 0.390 e. The van der Waals surface area contributed by atoms with Crippen LogP contribution in [0.25, 0.3) is 0 Å². The molecule has 0 heterocycles. The first-order valence-corrected chi connectivity index (χ1v) is 5.37. The predicted octanol–water partition coefficient (Wildman–Crippen LogP) is 0.336. The Hall–Kier alpha value is -1.65. The zero-order valence-electron chi connectivity index (χ0n) is 9.49. The van der Waals surface area contributed by atoms with E-state index < -0.39 is 12.2 Å². The summed E-state index contributed by atoms with van der Waals surface area (Å²) in [4.78, 5) is 8.58. The van der Waals surface area contributed by atoms with Gasteiger partial charge in [-0.15, -0.1) is 6.58 Å². The summed E-state index contributed by atoms with van der Waals surface area (Å²) in [5.41, 5.74) is 6.36. The average Bonchev–Trinajstić information content (AvgIpc) is 2.32. The fourth-order valence-electron chi connectivity index (χ4n) is 2.08. The number of rotatable bonds is 1. The average molecular weight is 235 g/mol. The van der Waals surface area contributed by atoms with E-state index in [-0.39, 0.29) is 12.3 Å². The van der Waals surface area contributed by atoms with E-state index in [1.807, 2.05) is 24.3 Å². The van der Waals surface area contributed by atoms with Gasteiger partial charge < -0.3 is 15.9 Å². The number of hydrogen-bond acceptors (Lipinski definition) is 3. The molecule has 0 saturated carbocycles. The van der Waals surface area contributed by atoms with Crippen molar-refractivity contribution >= 4 is 6.41 Å². The van der Waals surface area contributed by atoms with Crippen LogP contribution >= 0.6 is 0 Å². The summed E-state index contributed by atoms with van der Waals surface area (Å²) < 4.78 is 0. The quantitative estimate of drug-likeness (QED) is 0.484. The zero-order chi connectivity index (χ0) is 12.8. The molecule has 0 bridgehead atoms. The van der Waals surface area contributed by atoms with Crippen LogP contribution in [0.1, 0.15) is 17.0 Å². The molecular weight excluding hydrogens is 218 g/mol. The van der Waals surface area contributed by atoms with E-state index in [0.29, 0.717) is 6.42 Å². The second-order valence-electron chi connectivity index (χ2n) is 3.86. The van der Waals surface area contributed by atoms with Crippen LogP contribution in [-0.2, 0) is 11.2 Å². The van der Waals surface area contributed by atoms with Crippen molar-refractivity contribution in [3.8, 4) is 0 Å². The van der Waals surface area contributed by atoms with Crippen LogP contribution in [0.2, 0.25) is 0 Å². The van der Waals surface area contributed by atoms with Crippen molar-refractivity contribution in [3.63, 3.8) is 0 Å². The fourth-order valence-corrected chi connectivity index (χ4v) is 2.08. The molecule has 2 rings (SSSR count). The van der Waals surface area contributed by atoms with Gasteiger partial charge in [-0.3, -0.25) is 4.79 Å². The molecule has 3 atom stereocenters. The second kappa shape index (κ2) is 6.18. The van der Waals surface area contributed by atoms with E-state index in [4.69, 9.17) is 4.79 Å². The lowest BCUT2D eigenvalue weighted by atomic mass is 9.79. The number of aliphatic hydroxyl groups excluding tert-OH is 2. The molecule has 3 unspecified atom stereocenters. The summed E-state index contributed by atoms with van der Waals surface area (Å²) in [6.45, 7) is 3.70. The Labute approximate surface area is 100 Å². The molecule has 0 radical (unpaired) electrons. The number of hydrogen-bond donors (Lipinski definition) is 3.